The molecule has 2 aromatic rings. The van der Waals surface area contributed by atoms with Crippen LogP contribution in [0.1, 0.15) is 5.56 Å². The van der Waals surface area contributed by atoms with Gasteiger partial charge in [0.2, 0.25) is 0 Å². The highest BCUT2D eigenvalue weighted by molar-refractivity contribution is 6.31. The van der Waals surface area contributed by atoms with Crippen molar-refractivity contribution in [1.29, 1.82) is 0 Å². The van der Waals surface area contributed by atoms with Crippen LogP contribution in [0.25, 0.3) is 21.6 Å². The van der Waals surface area contributed by atoms with Gasteiger partial charge in [0.05, 0.1) is 20.8 Å². The summed E-state index contributed by atoms with van der Waals surface area (Å²) >= 11 is 6.14. The van der Waals surface area contributed by atoms with Crippen LogP contribution >= 0.6 is 11.6 Å². The number of ether oxygens (including phenoxy) is 2. The predicted octanol–water partition coefficient (Wildman–Crippen LogP) is 4.83. The van der Waals surface area contributed by atoms with E-state index in [1.54, 1.807) is 20.3 Å². The number of hydrogen-bond acceptors (Lipinski definition) is 3. The summed E-state index contributed by atoms with van der Waals surface area (Å²) in [5.74, 6) is 1.44. The molecule has 0 fully saturated rings. The van der Waals surface area contributed by atoms with E-state index in [0.717, 1.165) is 22.4 Å². The Kier molecular flexibility index (Phi) is 4.93. The molecular formula is C15H14ClN3O2. The summed E-state index contributed by atoms with van der Waals surface area (Å²) in [6, 6.07) is 11.1. The van der Waals surface area contributed by atoms with Crippen LogP contribution < -0.4 is 9.47 Å². The van der Waals surface area contributed by atoms with Crippen LogP contribution in [0.5, 0.6) is 11.5 Å². The van der Waals surface area contributed by atoms with Gasteiger partial charge in [-0.25, -0.2) is 0 Å². The van der Waals surface area contributed by atoms with Crippen molar-refractivity contribution in [3.63, 3.8) is 0 Å². The molecular weight excluding hydrogens is 290 g/mol. The Hall–Kier alpha value is -2.36. The van der Waals surface area contributed by atoms with Gasteiger partial charge < -0.3 is 9.47 Å². The SMILES string of the molecule is COc1ccc(OC)c(-c2cc(Cl)cc(CN=[N+]=[N-])c2)c1. The lowest BCUT2D eigenvalue weighted by Gasteiger charge is -2.12. The zero-order valence-corrected chi connectivity index (χ0v) is 12.5. The quantitative estimate of drug-likeness (QED) is 0.451. The van der Waals surface area contributed by atoms with Crippen LogP contribution in [0.4, 0.5) is 0 Å². The van der Waals surface area contributed by atoms with Gasteiger partial charge in [-0.1, -0.05) is 22.8 Å². The molecule has 2 rings (SSSR count). The molecule has 0 spiro atoms. The number of benzene rings is 2. The topological polar surface area (TPSA) is 67.2 Å². The Bertz CT molecular complexity index is 697. The number of hydrogen-bond donors (Lipinski definition) is 0. The number of rotatable bonds is 5. The standard InChI is InChI=1S/C15H14ClN3O2/c1-20-13-3-4-15(21-2)14(8-13)11-5-10(9-18-19-17)6-12(16)7-11/h3-8H,9H2,1-2H3. The largest absolute Gasteiger partial charge is 0.497 e. The number of halogens is 1. The average molecular weight is 304 g/mol. The molecule has 5 nitrogen and oxygen atoms in total. The molecule has 6 heteroatoms. The van der Waals surface area contributed by atoms with Crippen molar-refractivity contribution in [2.75, 3.05) is 14.2 Å². The van der Waals surface area contributed by atoms with Gasteiger partial charge in [0, 0.05) is 15.5 Å². The number of nitrogens with zero attached hydrogens (tertiary/aromatic N) is 3. The van der Waals surface area contributed by atoms with E-state index >= 15 is 0 Å². The number of azide groups is 1. The van der Waals surface area contributed by atoms with Crippen LogP contribution in [0, 0.1) is 0 Å². The molecule has 0 heterocycles. The van der Waals surface area contributed by atoms with Crippen molar-refractivity contribution in [3.05, 3.63) is 57.4 Å². The second kappa shape index (κ2) is 6.88. The van der Waals surface area contributed by atoms with E-state index in [0.29, 0.717) is 10.8 Å². The third kappa shape index (κ3) is 3.60. The Morgan fingerprint density at radius 1 is 1.14 bits per heavy atom. The molecule has 108 valence electrons. The highest BCUT2D eigenvalue weighted by Gasteiger charge is 2.09. The normalized spacial score (nSPS) is 9.86. The van der Waals surface area contributed by atoms with E-state index in [-0.39, 0.29) is 6.54 Å². The van der Waals surface area contributed by atoms with Gasteiger partial charge in [-0.2, -0.15) is 0 Å². The highest BCUT2D eigenvalue weighted by atomic mass is 35.5. The Morgan fingerprint density at radius 3 is 2.62 bits per heavy atom. The second-order valence-electron chi connectivity index (χ2n) is 4.30. The molecule has 0 aliphatic rings. The first-order valence-electron chi connectivity index (χ1n) is 6.20. The van der Waals surface area contributed by atoms with Crippen LogP contribution in [-0.2, 0) is 6.54 Å². The summed E-state index contributed by atoms with van der Waals surface area (Å²) in [5, 5.41) is 4.13. The average Bonchev–Trinajstić information content (AvgIpc) is 2.51. The maximum absolute atomic E-state index is 8.42. The summed E-state index contributed by atoms with van der Waals surface area (Å²) in [4.78, 5) is 2.76. The second-order valence-corrected chi connectivity index (χ2v) is 4.74. The summed E-state index contributed by atoms with van der Waals surface area (Å²) < 4.78 is 10.6. The van der Waals surface area contributed by atoms with E-state index < -0.39 is 0 Å². The van der Waals surface area contributed by atoms with E-state index in [4.69, 9.17) is 26.6 Å². The number of methoxy groups -OCH3 is 2. The summed E-state index contributed by atoms with van der Waals surface area (Å²) in [6.07, 6.45) is 0. The Balaban J connectivity index is 2.54. The van der Waals surface area contributed by atoms with Crippen LogP contribution in [0.15, 0.2) is 41.5 Å². The minimum absolute atomic E-state index is 0.246. The Morgan fingerprint density at radius 2 is 1.95 bits per heavy atom. The summed E-state index contributed by atoms with van der Waals surface area (Å²) in [7, 11) is 3.22. The minimum atomic E-state index is 0.246. The third-order valence-corrected chi connectivity index (χ3v) is 3.21. The minimum Gasteiger partial charge on any atom is -0.497 e. The molecule has 0 atom stereocenters. The summed E-state index contributed by atoms with van der Waals surface area (Å²) in [6.45, 7) is 0.246. The van der Waals surface area contributed by atoms with Crippen molar-refractivity contribution in [3.8, 4) is 22.6 Å². The van der Waals surface area contributed by atoms with E-state index in [1.807, 2.05) is 30.3 Å². The van der Waals surface area contributed by atoms with E-state index in [2.05, 4.69) is 10.0 Å². The van der Waals surface area contributed by atoms with Crippen LogP contribution in [0.3, 0.4) is 0 Å². The van der Waals surface area contributed by atoms with Gasteiger partial charge in [0.1, 0.15) is 11.5 Å². The molecule has 0 unspecified atom stereocenters. The first-order chi connectivity index (χ1) is 10.2. The monoisotopic (exact) mass is 303 g/mol. The van der Waals surface area contributed by atoms with Gasteiger partial charge in [0.15, 0.2) is 0 Å². The smallest absolute Gasteiger partial charge is 0.126 e. The molecule has 0 saturated carbocycles. The zero-order chi connectivity index (χ0) is 15.2. The fourth-order valence-corrected chi connectivity index (χ4v) is 2.31. The van der Waals surface area contributed by atoms with E-state index in [9.17, 15) is 0 Å². The molecule has 0 radical (unpaired) electrons. The molecule has 0 N–H and O–H groups in total. The van der Waals surface area contributed by atoms with Crippen molar-refractivity contribution in [2.45, 2.75) is 6.54 Å². The molecule has 0 saturated heterocycles. The predicted molar refractivity (Wildman–Crippen MR) is 82.8 cm³/mol. The summed E-state index contributed by atoms with van der Waals surface area (Å²) in [5.41, 5.74) is 11.0. The van der Waals surface area contributed by atoms with Crippen molar-refractivity contribution in [1.82, 2.24) is 0 Å². The molecule has 21 heavy (non-hydrogen) atoms. The lowest BCUT2D eigenvalue weighted by molar-refractivity contribution is 0.404. The molecule has 2 aromatic carbocycles. The van der Waals surface area contributed by atoms with Gasteiger partial charge in [-0.05, 0) is 47.0 Å². The van der Waals surface area contributed by atoms with Gasteiger partial charge in [-0.3, -0.25) is 0 Å². The third-order valence-electron chi connectivity index (χ3n) is 2.99. The zero-order valence-electron chi connectivity index (χ0n) is 11.7. The first-order valence-corrected chi connectivity index (χ1v) is 6.58. The molecule has 0 aliphatic carbocycles. The van der Waals surface area contributed by atoms with Gasteiger partial charge in [0.25, 0.3) is 0 Å². The van der Waals surface area contributed by atoms with Crippen LogP contribution in [0.2, 0.25) is 5.02 Å². The fourth-order valence-electron chi connectivity index (χ4n) is 2.05. The maximum Gasteiger partial charge on any atom is 0.126 e. The van der Waals surface area contributed by atoms with E-state index in [1.165, 1.54) is 0 Å². The molecule has 0 amide bonds. The van der Waals surface area contributed by atoms with Crippen molar-refractivity contribution < 1.29 is 9.47 Å². The van der Waals surface area contributed by atoms with Gasteiger partial charge in [-0.15, -0.1) is 0 Å². The first kappa shape index (κ1) is 15.0. The maximum atomic E-state index is 8.42. The van der Waals surface area contributed by atoms with Crippen molar-refractivity contribution >= 4 is 11.6 Å². The lowest BCUT2D eigenvalue weighted by Crippen LogP contribution is -1.91. The van der Waals surface area contributed by atoms with Crippen LogP contribution in [-0.4, -0.2) is 14.2 Å². The van der Waals surface area contributed by atoms with Crippen molar-refractivity contribution in [2.24, 2.45) is 5.11 Å². The Labute approximate surface area is 127 Å². The molecule has 0 aliphatic heterocycles. The fraction of sp³-hybridized carbons (Fsp3) is 0.200. The molecule has 0 bridgehead atoms. The highest BCUT2D eigenvalue weighted by Crippen LogP contribution is 2.35. The van der Waals surface area contributed by atoms with Gasteiger partial charge >= 0.3 is 0 Å². The molecule has 0 aromatic heterocycles. The lowest BCUT2D eigenvalue weighted by atomic mass is 10.0.